The number of unbranched alkanes of at least 4 members (excludes halogenated alkanes) is 1. The molecule has 0 aliphatic heterocycles. The van der Waals surface area contributed by atoms with Gasteiger partial charge in [0.2, 0.25) is 0 Å². The highest BCUT2D eigenvalue weighted by molar-refractivity contribution is 7.78. The van der Waals surface area contributed by atoms with E-state index in [4.69, 9.17) is 18.0 Å². The van der Waals surface area contributed by atoms with E-state index in [2.05, 4.69) is 42.5 Å². The van der Waals surface area contributed by atoms with Gasteiger partial charge in [-0.05, 0) is 64.7 Å². The van der Waals surface area contributed by atoms with Gasteiger partial charge in [-0.2, -0.15) is 0 Å². The Hall–Kier alpha value is -1.71. The molecule has 0 atom stereocenters. The minimum Gasteiger partial charge on any atom is -0.391 e. The molecule has 3 heteroatoms. The van der Waals surface area contributed by atoms with Crippen molar-refractivity contribution >= 4 is 44.7 Å². The molecule has 1 heterocycles. The summed E-state index contributed by atoms with van der Waals surface area (Å²) in [5, 5.41) is 5.25. The fraction of sp³-hybridized carbons (Fsp3) is 0.167. The molecule has 0 radical (unpaired) electrons. The van der Waals surface area contributed by atoms with Crippen molar-refractivity contribution in [1.82, 2.24) is 0 Å². The summed E-state index contributed by atoms with van der Waals surface area (Å²) in [6.07, 6.45) is 3.22. The average Bonchev–Trinajstić information content (AvgIpc) is 2.93. The Labute approximate surface area is 134 Å². The van der Waals surface area contributed by atoms with Gasteiger partial charge < -0.3 is 5.73 Å². The molecule has 0 unspecified atom stereocenters. The maximum atomic E-state index is 5.81. The van der Waals surface area contributed by atoms with Gasteiger partial charge in [-0.15, -0.1) is 11.3 Å². The van der Waals surface area contributed by atoms with E-state index >= 15 is 0 Å². The SMILES string of the molecule is Nc1ccc(-c2ccc3cc(CCCC=S)ccc3c2)s1. The van der Waals surface area contributed by atoms with Crippen LogP contribution < -0.4 is 5.73 Å². The summed E-state index contributed by atoms with van der Waals surface area (Å²) in [6.45, 7) is 0. The topological polar surface area (TPSA) is 26.0 Å². The van der Waals surface area contributed by atoms with Crippen LogP contribution in [0.4, 0.5) is 5.00 Å². The van der Waals surface area contributed by atoms with Crippen LogP contribution in [0.3, 0.4) is 0 Å². The quantitative estimate of drug-likeness (QED) is 0.499. The number of thiocarbonyl (C=S) groups is 1. The van der Waals surface area contributed by atoms with Crippen molar-refractivity contribution in [2.75, 3.05) is 5.73 Å². The van der Waals surface area contributed by atoms with Gasteiger partial charge >= 0.3 is 0 Å². The lowest BCUT2D eigenvalue weighted by molar-refractivity contribution is 0.880. The van der Waals surface area contributed by atoms with E-state index in [0.29, 0.717) is 0 Å². The number of aryl methyl sites for hydroxylation is 1. The Balaban J connectivity index is 1.89. The molecular weight excluding hydrogens is 294 g/mol. The third-order valence-corrected chi connectivity index (χ3v) is 4.80. The Morgan fingerprint density at radius 1 is 1.00 bits per heavy atom. The van der Waals surface area contributed by atoms with Crippen LogP contribution in [-0.2, 0) is 6.42 Å². The number of anilines is 1. The molecule has 1 aromatic heterocycles. The zero-order valence-corrected chi connectivity index (χ0v) is 13.3. The Kier molecular flexibility index (Phi) is 4.32. The largest absolute Gasteiger partial charge is 0.391 e. The summed E-state index contributed by atoms with van der Waals surface area (Å²) >= 11 is 6.50. The molecule has 1 nitrogen and oxygen atoms in total. The first-order valence-electron chi connectivity index (χ1n) is 7.08. The van der Waals surface area contributed by atoms with Gasteiger partial charge in [0.15, 0.2) is 0 Å². The first-order valence-corrected chi connectivity index (χ1v) is 8.37. The van der Waals surface area contributed by atoms with Crippen LogP contribution >= 0.6 is 23.6 Å². The second-order valence-electron chi connectivity index (χ2n) is 5.16. The van der Waals surface area contributed by atoms with E-state index < -0.39 is 0 Å². The van der Waals surface area contributed by atoms with Gasteiger partial charge in [0, 0.05) is 4.88 Å². The molecular formula is C18H17NS2. The van der Waals surface area contributed by atoms with Crippen molar-refractivity contribution in [2.24, 2.45) is 0 Å². The number of nitrogen functional groups attached to an aromatic ring is 1. The molecule has 0 saturated carbocycles. The summed E-state index contributed by atoms with van der Waals surface area (Å²) in [7, 11) is 0. The highest BCUT2D eigenvalue weighted by atomic mass is 32.1. The predicted octanol–water partition coefficient (Wildman–Crippen LogP) is 5.47. The van der Waals surface area contributed by atoms with Gasteiger partial charge in [-0.3, -0.25) is 0 Å². The molecule has 0 saturated heterocycles. The third kappa shape index (κ3) is 3.31. The predicted molar refractivity (Wildman–Crippen MR) is 98.3 cm³/mol. The van der Waals surface area contributed by atoms with Crippen LogP contribution in [0.2, 0.25) is 0 Å². The summed E-state index contributed by atoms with van der Waals surface area (Å²) in [5.74, 6) is 0. The molecule has 0 amide bonds. The Morgan fingerprint density at radius 2 is 1.81 bits per heavy atom. The fourth-order valence-electron chi connectivity index (χ4n) is 2.50. The minimum atomic E-state index is 0.860. The molecule has 0 bridgehead atoms. The molecule has 2 N–H and O–H groups in total. The summed E-state index contributed by atoms with van der Waals surface area (Å²) < 4.78 is 0. The standard InChI is InChI=1S/C18H17NS2/c19-18-9-8-17(21-18)16-7-6-14-11-13(3-1-2-10-20)4-5-15(14)12-16/h4-12H,1-3,19H2. The first kappa shape index (κ1) is 14.2. The Morgan fingerprint density at radius 3 is 2.57 bits per heavy atom. The molecule has 106 valence electrons. The average molecular weight is 311 g/mol. The van der Waals surface area contributed by atoms with Gasteiger partial charge in [0.05, 0.1) is 5.00 Å². The second-order valence-corrected chi connectivity index (χ2v) is 6.61. The van der Waals surface area contributed by atoms with Gasteiger partial charge in [0.25, 0.3) is 0 Å². The van der Waals surface area contributed by atoms with Crippen LogP contribution in [-0.4, -0.2) is 5.37 Å². The van der Waals surface area contributed by atoms with Crippen molar-refractivity contribution in [3.05, 3.63) is 54.1 Å². The normalized spacial score (nSPS) is 10.9. The van der Waals surface area contributed by atoms with E-state index in [-0.39, 0.29) is 0 Å². The van der Waals surface area contributed by atoms with Crippen molar-refractivity contribution in [3.63, 3.8) is 0 Å². The zero-order valence-electron chi connectivity index (χ0n) is 11.7. The van der Waals surface area contributed by atoms with Gasteiger partial charge in [-0.1, -0.05) is 42.5 Å². The van der Waals surface area contributed by atoms with Crippen molar-refractivity contribution < 1.29 is 0 Å². The van der Waals surface area contributed by atoms with Crippen molar-refractivity contribution in [2.45, 2.75) is 19.3 Å². The lowest BCUT2D eigenvalue weighted by Gasteiger charge is -2.05. The first-order chi connectivity index (χ1) is 10.3. The van der Waals surface area contributed by atoms with Crippen molar-refractivity contribution in [1.29, 1.82) is 0 Å². The number of rotatable bonds is 5. The van der Waals surface area contributed by atoms with Crippen molar-refractivity contribution in [3.8, 4) is 10.4 Å². The molecule has 0 spiro atoms. The third-order valence-electron chi connectivity index (χ3n) is 3.60. The highest BCUT2D eigenvalue weighted by Crippen LogP contribution is 2.31. The maximum absolute atomic E-state index is 5.81. The van der Waals surface area contributed by atoms with E-state index in [1.807, 2.05) is 11.4 Å². The fourth-order valence-corrected chi connectivity index (χ4v) is 3.44. The van der Waals surface area contributed by atoms with Crippen LogP contribution in [0.5, 0.6) is 0 Å². The lowest BCUT2D eigenvalue weighted by atomic mass is 10.0. The van der Waals surface area contributed by atoms with Gasteiger partial charge in [0.1, 0.15) is 0 Å². The van der Waals surface area contributed by atoms with E-state index in [1.165, 1.54) is 26.8 Å². The molecule has 21 heavy (non-hydrogen) atoms. The molecule has 2 aromatic carbocycles. The van der Waals surface area contributed by atoms with Crippen LogP contribution in [0, 0.1) is 0 Å². The summed E-state index contributed by atoms with van der Waals surface area (Å²) in [5.41, 5.74) is 8.43. The van der Waals surface area contributed by atoms with E-state index in [9.17, 15) is 0 Å². The van der Waals surface area contributed by atoms with E-state index in [1.54, 1.807) is 11.3 Å². The minimum absolute atomic E-state index is 0.860. The molecule has 0 aliphatic rings. The van der Waals surface area contributed by atoms with Crippen LogP contribution in [0.25, 0.3) is 21.2 Å². The maximum Gasteiger partial charge on any atom is 0.0862 e. The van der Waals surface area contributed by atoms with Crippen LogP contribution in [0.15, 0.2) is 48.5 Å². The van der Waals surface area contributed by atoms with Gasteiger partial charge in [-0.25, -0.2) is 0 Å². The number of fused-ring (bicyclic) bond motifs is 1. The lowest BCUT2D eigenvalue weighted by Crippen LogP contribution is -1.86. The zero-order chi connectivity index (χ0) is 14.7. The number of thiophene rings is 1. The van der Waals surface area contributed by atoms with E-state index in [0.717, 1.165) is 24.3 Å². The number of benzene rings is 2. The number of hydrogen-bond acceptors (Lipinski definition) is 3. The molecule has 3 aromatic rings. The number of hydrogen-bond donors (Lipinski definition) is 1. The highest BCUT2D eigenvalue weighted by Gasteiger charge is 2.03. The number of nitrogens with two attached hydrogens (primary N) is 1. The smallest absolute Gasteiger partial charge is 0.0862 e. The molecule has 3 rings (SSSR count). The summed E-state index contributed by atoms with van der Waals surface area (Å²) in [6, 6.07) is 17.4. The molecule has 0 fully saturated rings. The van der Waals surface area contributed by atoms with Crippen LogP contribution in [0.1, 0.15) is 18.4 Å². The Bertz CT molecular complexity index is 774. The monoisotopic (exact) mass is 311 g/mol. The summed E-state index contributed by atoms with van der Waals surface area (Å²) in [4.78, 5) is 1.22. The second kappa shape index (κ2) is 6.37. The molecule has 0 aliphatic carbocycles.